The average Bonchev–Trinajstić information content (AvgIpc) is 2.55. The number of carbonyl (C=O) groups is 1. The van der Waals surface area contributed by atoms with E-state index >= 15 is 0 Å². The highest BCUT2D eigenvalue weighted by Gasteiger charge is 2.24. The van der Waals surface area contributed by atoms with Crippen molar-refractivity contribution in [1.82, 2.24) is 0 Å². The summed E-state index contributed by atoms with van der Waals surface area (Å²) in [6.45, 7) is 0. The van der Waals surface area contributed by atoms with Gasteiger partial charge in [0.05, 0.1) is 5.97 Å². The predicted molar refractivity (Wildman–Crippen MR) is 82.4 cm³/mol. The molecule has 2 aliphatic carbocycles. The molecule has 1 aromatic rings. The van der Waals surface area contributed by atoms with Crippen molar-refractivity contribution in [3.63, 3.8) is 0 Å². The maximum absolute atomic E-state index is 11.8. The van der Waals surface area contributed by atoms with Gasteiger partial charge in [-0.05, 0) is 48.6 Å². The number of carboxylic acid groups (broad SMARTS) is 1. The van der Waals surface area contributed by atoms with Crippen LogP contribution >= 0.6 is 0 Å². The van der Waals surface area contributed by atoms with E-state index < -0.39 is 5.97 Å². The smallest absolute Gasteiger partial charge is 0.0721 e. The minimum absolute atomic E-state index is 0.426. The minimum Gasteiger partial charge on any atom is -0.545 e. The quantitative estimate of drug-likeness (QED) is 0.837. The number of benzene rings is 1. The second-order valence-electron chi connectivity index (χ2n) is 6.77. The highest BCUT2D eigenvalue weighted by Crippen LogP contribution is 2.40. The van der Waals surface area contributed by atoms with Gasteiger partial charge in [-0.15, -0.1) is 0 Å². The lowest BCUT2D eigenvalue weighted by atomic mass is 9.76. The van der Waals surface area contributed by atoms with Crippen LogP contribution < -0.4 is 5.11 Å². The number of hydrogen-bond acceptors (Lipinski definition) is 2. The third-order valence-electron chi connectivity index (χ3n) is 5.42. The van der Waals surface area contributed by atoms with Gasteiger partial charge in [-0.1, -0.05) is 56.7 Å². The lowest BCUT2D eigenvalue weighted by Gasteiger charge is -2.30. The van der Waals surface area contributed by atoms with E-state index in [9.17, 15) is 9.90 Å². The van der Waals surface area contributed by atoms with Gasteiger partial charge in [-0.3, -0.25) is 0 Å². The van der Waals surface area contributed by atoms with Gasteiger partial charge in [0.2, 0.25) is 0 Å². The predicted octanol–water partition coefficient (Wildman–Crippen LogP) is 4.15. The van der Waals surface area contributed by atoms with Crippen molar-refractivity contribution in [2.45, 2.75) is 76.0 Å². The topological polar surface area (TPSA) is 40.1 Å². The van der Waals surface area contributed by atoms with Crippen LogP contribution in [0.3, 0.4) is 0 Å². The van der Waals surface area contributed by atoms with Gasteiger partial charge in [0.15, 0.2) is 0 Å². The van der Waals surface area contributed by atoms with Gasteiger partial charge in [-0.25, -0.2) is 0 Å². The molecule has 0 amide bonds. The molecular weight excluding hydrogens is 260 g/mol. The Labute approximate surface area is 127 Å². The van der Waals surface area contributed by atoms with E-state index in [-0.39, 0.29) is 0 Å². The molecule has 21 heavy (non-hydrogen) atoms. The second-order valence-corrected chi connectivity index (χ2v) is 6.77. The fourth-order valence-electron chi connectivity index (χ4n) is 4.33. The molecule has 3 rings (SSSR count). The number of aromatic carboxylic acids is 1. The fraction of sp³-hybridized carbons (Fsp3) is 0.632. The van der Waals surface area contributed by atoms with Gasteiger partial charge in [0.1, 0.15) is 0 Å². The molecule has 0 unspecified atom stereocenters. The Morgan fingerprint density at radius 2 is 1.24 bits per heavy atom. The van der Waals surface area contributed by atoms with Gasteiger partial charge in [0.25, 0.3) is 0 Å². The van der Waals surface area contributed by atoms with Crippen molar-refractivity contribution in [1.29, 1.82) is 0 Å². The summed E-state index contributed by atoms with van der Waals surface area (Å²) in [7, 11) is 0. The minimum atomic E-state index is -0.961. The molecular formula is C19H25O2-. The zero-order valence-electron chi connectivity index (χ0n) is 12.8. The van der Waals surface area contributed by atoms with Crippen LogP contribution in [-0.4, -0.2) is 5.97 Å². The van der Waals surface area contributed by atoms with Crippen molar-refractivity contribution < 1.29 is 9.90 Å². The van der Waals surface area contributed by atoms with Crippen molar-refractivity contribution >= 4 is 5.97 Å². The summed E-state index contributed by atoms with van der Waals surface area (Å²) in [5, 5.41) is 11.8. The average molecular weight is 285 g/mol. The van der Waals surface area contributed by atoms with Gasteiger partial charge >= 0.3 is 0 Å². The maximum atomic E-state index is 11.8. The van der Waals surface area contributed by atoms with E-state index in [2.05, 4.69) is 6.07 Å². The Morgan fingerprint density at radius 3 is 1.62 bits per heavy atom. The maximum Gasteiger partial charge on any atom is 0.0721 e. The normalized spacial score (nSPS) is 21.3. The zero-order chi connectivity index (χ0) is 14.7. The third kappa shape index (κ3) is 3.14. The summed E-state index contributed by atoms with van der Waals surface area (Å²) in [5.41, 5.74) is 2.65. The van der Waals surface area contributed by atoms with Crippen LogP contribution in [-0.2, 0) is 0 Å². The third-order valence-corrected chi connectivity index (χ3v) is 5.42. The van der Waals surface area contributed by atoms with E-state index in [4.69, 9.17) is 0 Å². The summed E-state index contributed by atoms with van der Waals surface area (Å²) >= 11 is 0. The summed E-state index contributed by atoms with van der Waals surface area (Å²) in [5.74, 6) is -0.109. The number of carboxylic acids is 1. The van der Waals surface area contributed by atoms with Crippen LogP contribution in [0.1, 0.15) is 97.5 Å². The Bertz CT molecular complexity index is 458. The molecule has 0 radical (unpaired) electrons. The van der Waals surface area contributed by atoms with E-state index in [1.54, 1.807) is 0 Å². The van der Waals surface area contributed by atoms with Crippen LogP contribution in [0.4, 0.5) is 0 Å². The molecule has 0 atom stereocenters. The number of hydrogen-bond donors (Lipinski definition) is 0. The van der Waals surface area contributed by atoms with Crippen LogP contribution in [0.15, 0.2) is 18.2 Å². The van der Waals surface area contributed by atoms with Gasteiger partial charge < -0.3 is 9.90 Å². The fourth-order valence-corrected chi connectivity index (χ4v) is 4.33. The number of carbonyl (C=O) groups excluding carboxylic acids is 1. The Kier molecular flexibility index (Phi) is 4.62. The highest BCUT2D eigenvalue weighted by atomic mass is 16.4. The van der Waals surface area contributed by atoms with Crippen molar-refractivity contribution in [3.05, 3.63) is 34.9 Å². The molecule has 114 valence electrons. The molecule has 2 aliphatic rings. The standard InChI is InChI=1S/C19H26O2/c20-19(21)18-16(14-8-3-1-4-9-14)12-7-13-17(18)15-10-5-2-6-11-15/h7,12-15H,1-6,8-11H2,(H,20,21)/p-1. The van der Waals surface area contributed by atoms with Crippen molar-refractivity contribution in [2.24, 2.45) is 0 Å². The molecule has 0 saturated heterocycles. The summed E-state index contributed by atoms with van der Waals surface area (Å²) in [6, 6.07) is 6.14. The van der Waals surface area contributed by atoms with Crippen LogP contribution in [0.2, 0.25) is 0 Å². The molecule has 2 nitrogen and oxygen atoms in total. The molecule has 0 aromatic heterocycles. The molecule has 2 fully saturated rings. The Hall–Kier alpha value is -1.31. The molecule has 2 heteroatoms. The first-order chi connectivity index (χ1) is 10.3. The van der Waals surface area contributed by atoms with Gasteiger partial charge in [0, 0.05) is 5.56 Å². The molecule has 0 heterocycles. The molecule has 0 spiro atoms. The Morgan fingerprint density at radius 1 is 0.810 bits per heavy atom. The van der Waals surface area contributed by atoms with Crippen LogP contribution in [0, 0.1) is 0 Å². The summed E-state index contributed by atoms with van der Waals surface area (Å²) < 4.78 is 0. The molecule has 2 saturated carbocycles. The largest absolute Gasteiger partial charge is 0.545 e. The van der Waals surface area contributed by atoms with Crippen molar-refractivity contribution in [3.8, 4) is 0 Å². The Balaban J connectivity index is 1.97. The van der Waals surface area contributed by atoms with Crippen LogP contribution in [0.25, 0.3) is 0 Å². The zero-order valence-corrected chi connectivity index (χ0v) is 12.8. The monoisotopic (exact) mass is 285 g/mol. The summed E-state index contributed by atoms with van der Waals surface area (Å²) in [6.07, 6.45) is 12.0. The SMILES string of the molecule is O=C([O-])c1c(C2CCCCC2)cccc1C1CCCCC1. The molecule has 0 N–H and O–H groups in total. The first-order valence-corrected chi connectivity index (χ1v) is 8.61. The van der Waals surface area contributed by atoms with E-state index in [1.807, 2.05) is 12.1 Å². The van der Waals surface area contributed by atoms with Gasteiger partial charge in [-0.2, -0.15) is 0 Å². The number of rotatable bonds is 3. The van der Waals surface area contributed by atoms with E-state index in [0.717, 1.165) is 36.8 Å². The van der Waals surface area contributed by atoms with E-state index in [0.29, 0.717) is 17.4 Å². The second kappa shape index (κ2) is 6.64. The van der Waals surface area contributed by atoms with E-state index in [1.165, 1.54) is 38.5 Å². The van der Waals surface area contributed by atoms with Crippen molar-refractivity contribution in [2.75, 3.05) is 0 Å². The highest BCUT2D eigenvalue weighted by molar-refractivity contribution is 5.90. The van der Waals surface area contributed by atoms with Crippen LogP contribution in [0.5, 0.6) is 0 Å². The molecule has 0 aliphatic heterocycles. The first-order valence-electron chi connectivity index (χ1n) is 8.61. The molecule has 0 bridgehead atoms. The summed E-state index contributed by atoms with van der Waals surface area (Å²) in [4.78, 5) is 11.8. The first kappa shape index (κ1) is 14.6. The lowest BCUT2D eigenvalue weighted by Crippen LogP contribution is -2.27. The molecule has 1 aromatic carbocycles. The lowest BCUT2D eigenvalue weighted by molar-refractivity contribution is -0.255.